The average Bonchev–Trinajstić information content (AvgIpc) is 3.39. The van der Waals surface area contributed by atoms with Crippen molar-refractivity contribution in [3.8, 4) is 11.5 Å². The lowest BCUT2D eigenvalue weighted by Gasteiger charge is -2.33. The van der Waals surface area contributed by atoms with Crippen LogP contribution in [0.2, 0.25) is 0 Å². The molecule has 4 rings (SSSR count). The van der Waals surface area contributed by atoms with Crippen LogP contribution in [0.1, 0.15) is 50.5 Å². The topological polar surface area (TPSA) is 51.8 Å². The summed E-state index contributed by atoms with van der Waals surface area (Å²) in [7, 11) is 1.73. The second kappa shape index (κ2) is 10.7. The monoisotopic (exact) mass is 410 g/mol. The molecule has 3 fully saturated rings. The van der Waals surface area contributed by atoms with Crippen molar-refractivity contribution in [3.05, 3.63) is 23.8 Å². The van der Waals surface area contributed by atoms with Crippen LogP contribution in [0.4, 0.5) is 0 Å². The fourth-order valence-corrected chi connectivity index (χ4v) is 4.99. The lowest BCUT2D eigenvalue weighted by atomic mass is 9.94. The predicted octanol–water partition coefficient (Wildman–Crippen LogP) is 3.69. The lowest BCUT2D eigenvalue weighted by Crippen LogP contribution is -2.50. The van der Waals surface area contributed by atoms with Crippen LogP contribution in [0.3, 0.4) is 0 Å². The Kier molecular flexibility index (Phi) is 8.27. The summed E-state index contributed by atoms with van der Waals surface area (Å²) in [4.78, 5) is 0. The number of ether oxygens (including phenoxy) is 3. The van der Waals surface area contributed by atoms with Crippen molar-refractivity contribution in [2.45, 2.75) is 69.7 Å². The summed E-state index contributed by atoms with van der Waals surface area (Å²) in [5, 5.41) is 7.49. The fourth-order valence-electron chi connectivity index (χ4n) is 4.99. The number of hydrogen-bond acceptors (Lipinski definition) is 5. The van der Waals surface area contributed by atoms with Crippen LogP contribution in [0.25, 0.3) is 0 Å². The van der Waals surface area contributed by atoms with E-state index in [2.05, 4.69) is 22.8 Å². The molecule has 2 aliphatic carbocycles. The van der Waals surface area contributed by atoms with Gasteiger partial charge in [0, 0.05) is 30.7 Å². The second-order valence-electron chi connectivity index (χ2n) is 8.19. The van der Waals surface area contributed by atoms with Gasteiger partial charge in [0.05, 0.1) is 26.4 Å². The van der Waals surface area contributed by atoms with E-state index in [0.29, 0.717) is 24.1 Å². The van der Waals surface area contributed by atoms with E-state index in [1.165, 1.54) is 37.7 Å². The summed E-state index contributed by atoms with van der Waals surface area (Å²) < 4.78 is 17.7. The van der Waals surface area contributed by atoms with Gasteiger partial charge in [0.1, 0.15) is 0 Å². The third-order valence-corrected chi connectivity index (χ3v) is 6.46. The van der Waals surface area contributed by atoms with Crippen molar-refractivity contribution in [2.75, 3.05) is 26.9 Å². The highest BCUT2D eigenvalue weighted by molar-refractivity contribution is 5.85. The lowest BCUT2D eigenvalue weighted by molar-refractivity contribution is 0.0524. The van der Waals surface area contributed by atoms with E-state index < -0.39 is 0 Å². The summed E-state index contributed by atoms with van der Waals surface area (Å²) >= 11 is 0. The number of para-hydroxylation sites is 1. The van der Waals surface area contributed by atoms with Gasteiger partial charge in [0.2, 0.25) is 0 Å². The molecular weight excluding hydrogens is 376 g/mol. The molecule has 1 heterocycles. The number of morpholine rings is 1. The number of halogens is 1. The zero-order valence-corrected chi connectivity index (χ0v) is 17.8. The van der Waals surface area contributed by atoms with Gasteiger partial charge in [-0.05, 0) is 50.5 Å². The van der Waals surface area contributed by atoms with E-state index in [9.17, 15) is 0 Å². The molecule has 1 saturated heterocycles. The van der Waals surface area contributed by atoms with E-state index in [0.717, 1.165) is 50.6 Å². The largest absolute Gasteiger partial charge is 0.493 e. The number of nitrogens with one attached hydrogen (secondary N) is 2. The summed E-state index contributed by atoms with van der Waals surface area (Å²) in [5.41, 5.74) is 1.21. The Hall–Kier alpha value is -1.01. The molecule has 0 amide bonds. The minimum atomic E-state index is 0. The highest BCUT2D eigenvalue weighted by Crippen LogP contribution is 2.36. The summed E-state index contributed by atoms with van der Waals surface area (Å²) in [6.45, 7) is 3.49. The number of benzene rings is 1. The molecule has 0 aromatic heterocycles. The molecule has 3 unspecified atom stereocenters. The van der Waals surface area contributed by atoms with Gasteiger partial charge in [0.15, 0.2) is 11.5 Å². The van der Waals surface area contributed by atoms with Gasteiger partial charge in [-0.1, -0.05) is 18.6 Å². The first-order chi connectivity index (χ1) is 13.3. The molecule has 0 radical (unpaired) electrons. The Labute approximate surface area is 175 Å². The van der Waals surface area contributed by atoms with Crippen LogP contribution in [0, 0.1) is 5.92 Å². The van der Waals surface area contributed by atoms with Crippen LogP contribution in [0.5, 0.6) is 11.5 Å². The van der Waals surface area contributed by atoms with Gasteiger partial charge in [-0.25, -0.2) is 0 Å². The zero-order valence-electron chi connectivity index (χ0n) is 17.0. The molecular formula is C22H35ClN2O3. The summed E-state index contributed by atoms with van der Waals surface area (Å²) in [6.07, 6.45) is 9.01. The highest BCUT2D eigenvalue weighted by atomic mass is 35.5. The third-order valence-electron chi connectivity index (χ3n) is 6.46. The molecule has 1 aromatic rings. The standard InChI is InChI=1S/C22H34N2O3.ClH/c1-25-21-11-4-6-16(22(21)27-17-7-2-3-8-17)14-24-19-10-5-9-18(19)20-15-26-13-12-23-20;/h4,6,11,17-20,23-24H,2-3,5,7-10,12-15H2,1H3;1H. The summed E-state index contributed by atoms with van der Waals surface area (Å²) in [5.74, 6) is 2.44. The predicted molar refractivity (Wildman–Crippen MR) is 114 cm³/mol. The van der Waals surface area contributed by atoms with Gasteiger partial charge in [-0.3, -0.25) is 0 Å². The Balaban J connectivity index is 0.00000225. The van der Waals surface area contributed by atoms with Crippen molar-refractivity contribution in [3.63, 3.8) is 0 Å². The van der Waals surface area contributed by atoms with Crippen molar-refractivity contribution >= 4 is 12.4 Å². The van der Waals surface area contributed by atoms with Gasteiger partial charge in [-0.2, -0.15) is 0 Å². The zero-order chi connectivity index (χ0) is 18.5. The molecule has 3 atom stereocenters. The van der Waals surface area contributed by atoms with Crippen LogP contribution in [-0.2, 0) is 11.3 Å². The number of hydrogen-bond donors (Lipinski definition) is 2. The Bertz CT molecular complexity index is 603. The molecule has 5 nitrogen and oxygen atoms in total. The molecule has 1 aliphatic heterocycles. The van der Waals surface area contributed by atoms with Crippen LogP contribution in [0.15, 0.2) is 18.2 Å². The minimum absolute atomic E-state index is 0. The van der Waals surface area contributed by atoms with Crippen molar-refractivity contribution in [2.24, 2.45) is 5.92 Å². The molecule has 0 bridgehead atoms. The van der Waals surface area contributed by atoms with Gasteiger partial charge < -0.3 is 24.8 Å². The van der Waals surface area contributed by atoms with Gasteiger partial charge in [0.25, 0.3) is 0 Å². The van der Waals surface area contributed by atoms with Gasteiger partial charge >= 0.3 is 0 Å². The maximum Gasteiger partial charge on any atom is 0.166 e. The molecule has 2 saturated carbocycles. The van der Waals surface area contributed by atoms with E-state index in [-0.39, 0.29) is 12.4 Å². The van der Waals surface area contributed by atoms with Crippen molar-refractivity contribution < 1.29 is 14.2 Å². The van der Waals surface area contributed by atoms with E-state index >= 15 is 0 Å². The van der Waals surface area contributed by atoms with Gasteiger partial charge in [-0.15, -0.1) is 12.4 Å². The smallest absolute Gasteiger partial charge is 0.166 e. The molecule has 28 heavy (non-hydrogen) atoms. The molecule has 2 N–H and O–H groups in total. The van der Waals surface area contributed by atoms with E-state index in [1.807, 2.05) is 6.07 Å². The Morgan fingerprint density at radius 3 is 2.75 bits per heavy atom. The normalized spacial score (nSPS) is 28.1. The van der Waals surface area contributed by atoms with Crippen LogP contribution in [-0.4, -0.2) is 45.1 Å². The van der Waals surface area contributed by atoms with E-state index in [1.54, 1.807) is 7.11 Å². The summed E-state index contributed by atoms with van der Waals surface area (Å²) in [6, 6.07) is 7.27. The quantitative estimate of drug-likeness (QED) is 0.718. The first-order valence-electron chi connectivity index (χ1n) is 10.7. The fraction of sp³-hybridized carbons (Fsp3) is 0.727. The molecule has 0 spiro atoms. The number of methoxy groups -OCH3 is 1. The minimum Gasteiger partial charge on any atom is -0.493 e. The highest BCUT2D eigenvalue weighted by Gasteiger charge is 2.34. The Morgan fingerprint density at radius 2 is 2.00 bits per heavy atom. The average molecular weight is 411 g/mol. The first-order valence-corrected chi connectivity index (χ1v) is 10.7. The Morgan fingerprint density at radius 1 is 1.14 bits per heavy atom. The van der Waals surface area contributed by atoms with Crippen molar-refractivity contribution in [1.29, 1.82) is 0 Å². The second-order valence-corrected chi connectivity index (χ2v) is 8.19. The molecule has 6 heteroatoms. The third kappa shape index (κ3) is 5.12. The van der Waals surface area contributed by atoms with E-state index in [4.69, 9.17) is 14.2 Å². The molecule has 158 valence electrons. The van der Waals surface area contributed by atoms with Crippen LogP contribution < -0.4 is 20.1 Å². The number of rotatable bonds is 7. The first kappa shape index (κ1) is 21.7. The van der Waals surface area contributed by atoms with Crippen molar-refractivity contribution in [1.82, 2.24) is 10.6 Å². The molecule has 1 aromatic carbocycles. The maximum atomic E-state index is 6.39. The SMILES string of the molecule is COc1cccc(CNC2CCCC2C2COCCN2)c1OC1CCCC1.Cl. The van der Waals surface area contributed by atoms with Crippen LogP contribution >= 0.6 is 12.4 Å². The maximum absolute atomic E-state index is 6.39. The molecule has 3 aliphatic rings.